The van der Waals surface area contributed by atoms with Crippen molar-refractivity contribution in [2.24, 2.45) is 40.9 Å². The normalized spacial score (nSPS) is 38.7. The van der Waals surface area contributed by atoms with E-state index in [2.05, 4.69) is 27.7 Å². The van der Waals surface area contributed by atoms with E-state index in [1.54, 1.807) is 0 Å². The van der Waals surface area contributed by atoms with Crippen LogP contribution in [0.25, 0.3) is 0 Å². The summed E-state index contributed by atoms with van der Waals surface area (Å²) in [5.41, 5.74) is -0.283. The number of rotatable bonds is 9. The summed E-state index contributed by atoms with van der Waals surface area (Å²) in [4.78, 5) is 34.4. The fraction of sp³-hybridized carbons (Fsp3) is 0.923. The first-order chi connectivity index (χ1) is 14.6. The molecule has 0 amide bonds. The minimum atomic E-state index is -0.583. The van der Waals surface area contributed by atoms with Crippen LogP contribution in [0.2, 0.25) is 0 Å². The lowest BCUT2D eigenvalue weighted by atomic mass is 9.53. The Morgan fingerprint density at radius 1 is 1.13 bits per heavy atom. The maximum atomic E-state index is 12.0. The molecule has 5 heteroatoms. The molecule has 3 rings (SSSR count). The van der Waals surface area contributed by atoms with Gasteiger partial charge in [0.15, 0.2) is 0 Å². The molecule has 2 aliphatic carbocycles. The van der Waals surface area contributed by atoms with E-state index in [1.165, 1.54) is 45.6 Å². The maximum Gasteiger partial charge on any atom is 0.345 e. The lowest BCUT2D eigenvalue weighted by Crippen LogP contribution is -2.50. The van der Waals surface area contributed by atoms with E-state index in [0.717, 1.165) is 30.6 Å². The van der Waals surface area contributed by atoms with Crippen LogP contribution in [0.3, 0.4) is 0 Å². The molecule has 5 nitrogen and oxygen atoms in total. The molecular formula is C26H44O5. The van der Waals surface area contributed by atoms with Crippen LogP contribution in [-0.4, -0.2) is 24.6 Å². The standard InChI is InChI=1S/C26H44O5/c1-17(2)8-7-9-18(3)20-11-12-21-19(10-13-23(27)29-6)22(14-15-25(20,21)4)26(5)16-24(28)30-31-26/h17-22H,7-16H2,1-6H3/t18-,19+,20-,21+,22+,25-,26+/m1/s1. The van der Waals surface area contributed by atoms with Gasteiger partial charge in [-0.25, -0.2) is 4.79 Å². The van der Waals surface area contributed by atoms with E-state index < -0.39 is 5.60 Å². The van der Waals surface area contributed by atoms with Gasteiger partial charge in [-0.2, -0.15) is 4.89 Å². The summed E-state index contributed by atoms with van der Waals surface area (Å²) in [5.74, 6) is 2.97. The summed E-state index contributed by atoms with van der Waals surface area (Å²) >= 11 is 0. The average Bonchev–Trinajstić information content (AvgIpc) is 3.24. The number of hydrogen-bond acceptors (Lipinski definition) is 5. The van der Waals surface area contributed by atoms with E-state index in [1.807, 2.05) is 6.92 Å². The Morgan fingerprint density at radius 3 is 2.48 bits per heavy atom. The van der Waals surface area contributed by atoms with Crippen molar-refractivity contribution in [1.29, 1.82) is 0 Å². The largest absolute Gasteiger partial charge is 0.469 e. The number of carbonyl (C=O) groups excluding carboxylic acids is 2. The molecule has 0 radical (unpaired) electrons. The van der Waals surface area contributed by atoms with Crippen molar-refractivity contribution in [1.82, 2.24) is 0 Å². The van der Waals surface area contributed by atoms with E-state index in [4.69, 9.17) is 14.5 Å². The molecule has 1 saturated heterocycles. The van der Waals surface area contributed by atoms with Gasteiger partial charge in [0.25, 0.3) is 0 Å². The number of hydrogen-bond donors (Lipinski definition) is 0. The molecule has 0 aromatic heterocycles. The summed E-state index contributed by atoms with van der Waals surface area (Å²) in [6, 6.07) is 0. The Bertz CT molecular complexity index is 646. The van der Waals surface area contributed by atoms with Gasteiger partial charge in [-0.15, -0.1) is 0 Å². The molecule has 178 valence electrons. The highest BCUT2D eigenvalue weighted by Crippen LogP contribution is 2.64. The van der Waals surface area contributed by atoms with Crippen LogP contribution in [0.1, 0.15) is 98.8 Å². The minimum absolute atomic E-state index is 0.146. The molecule has 0 unspecified atom stereocenters. The third kappa shape index (κ3) is 5.12. The first-order valence-electron chi connectivity index (χ1n) is 12.6. The van der Waals surface area contributed by atoms with Crippen LogP contribution in [0, 0.1) is 40.9 Å². The Labute approximate surface area is 188 Å². The van der Waals surface area contributed by atoms with Gasteiger partial charge in [0.05, 0.1) is 13.5 Å². The highest BCUT2D eigenvalue weighted by atomic mass is 17.2. The van der Waals surface area contributed by atoms with Gasteiger partial charge >= 0.3 is 11.9 Å². The highest BCUT2D eigenvalue weighted by molar-refractivity contribution is 5.71. The zero-order chi connectivity index (χ0) is 22.8. The fourth-order valence-corrected chi connectivity index (χ4v) is 7.54. The van der Waals surface area contributed by atoms with Gasteiger partial charge in [0.1, 0.15) is 5.60 Å². The molecule has 3 fully saturated rings. The number of esters is 1. The average molecular weight is 437 g/mol. The van der Waals surface area contributed by atoms with Crippen molar-refractivity contribution in [3.05, 3.63) is 0 Å². The second-order valence-corrected chi connectivity index (χ2v) is 11.6. The summed E-state index contributed by atoms with van der Waals surface area (Å²) in [6.45, 7) is 11.6. The van der Waals surface area contributed by atoms with Gasteiger partial charge in [0, 0.05) is 6.42 Å². The van der Waals surface area contributed by atoms with Crippen molar-refractivity contribution >= 4 is 11.9 Å². The first-order valence-corrected chi connectivity index (χ1v) is 12.6. The van der Waals surface area contributed by atoms with Gasteiger partial charge in [0.2, 0.25) is 0 Å². The summed E-state index contributed by atoms with van der Waals surface area (Å²) in [7, 11) is 1.46. The van der Waals surface area contributed by atoms with Crippen molar-refractivity contribution in [3.8, 4) is 0 Å². The zero-order valence-corrected chi connectivity index (χ0v) is 20.6. The van der Waals surface area contributed by atoms with Crippen molar-refractivity contribution < 1.29 is 24.1 Å². The molecule has 7 atom stereocenters. The lowest BCUT2D eigenvalue weighted by molar-refractivity contribution is -0.309. The topological polar surface area (TPSA) is 61.8 Å². The van der Waals surface area contributed by atoms with Crippen LogP contribution in [0.5, 0.6) is 0 Å². The molecule has 0 aromatic rings. The Morgan fingerprint density at radius 2 is 1.87 bits per heavy atom. The predicted molar refractivity (Wildman–Crippen MR) is 120 cm³/mol. The third-order valence-corrected chi connectivity index (χ3v) is 9.15. The van der Waals surface area contributed by atoms with Crippen LogP contribution in [0.4, 0.5) is 0 Å². The Hall–Kier alpha value is -1.10. The second kappa shape index (κ2) is 9.80. The van der Waals surface area contributed by atoms with E-state index in [-0.39, 0.29) is 17.9 Å². The van der Waals surface area contributed by atoms with Crippen LogP contribution < -0.4 is 0 Å². The molecule has 0 aromatic carbocycles. The monoisotopic (exact) mass is 436 g/mol. The number of ether oxygens (including phenoxy) is 1. The summed E-state index contributed by atoms with van der Waals surface area (Å²) < 4.78 is 4.95. The molecule has 1 heterocycles. The minimum Gasteiger partial charge on any atom is -0.469 e. The van der Waals surface area contributed by atoms with Crippen molar-refractivity contribution in [2.45, 2.75) is 104 Å². The number of carbonyl (C=O) groups is 2. The van der Waals surface area contributed by atoms with Gasteiger partial charge in [-0.1, -0.05) is 47.0 Å². The predicted octanol–water partition coefficient (Wildman–Crippen LogP) is 6.10. The molecule has 0 spiro atoms. The second-order valence-electron chi connectivity index (χ2n) is 11.6. The molecule has 1 aliphatic heterocycles. The van der Waals surface area contributed by atoms with E-state index >= 15 is 0 Å². The van der Waals surface area contributed by atoms with Gasteiger partial charge in [-0.3, -0.25) is 9.68 Å². The Balaban J connectivity index is 1.77. The lowest BCUT2D eigenvalue weighted by Gasteiger charge is -2.52. The van der Waals surface area contributed by atoms with E-state index in [0.29, 0.717) is 30.1 Å². The SMILES string of the molecule is COC(=O)CC[C@H]1[C@@H]2CC[C@H]([C@H](C)CCCC(C)C)[C@@]2(C)CC[C@@H]1[C@]1(C)CC(=O)OO1. The smallest absolute Gasteiger partial charge is 0.345 e. The maximum absolute atomic E-state index is 12.0. The molecule has 3 aliphatic rings. The highest BCUT2D eigenvalue weighted by Gasteiger charge is 2.59. The number of methoxy groups -OCH3 is 1. The van der Waals surface area contributed by atoms with Crippen LogP contribution in [-0.2, 0) is 24.1 Å². The van der Waals surface area contributed by atoms with Gasteiger partial charge in [-0.05, 0) is 80.0 Å². The molecular weight excluding hydrogens is 392 g/mol. The molecule has 0 bridgehead atoms. The van der Waals surface area contributed by atoms with Crippen molar-refractivity contribution in [3.63, 3.8) is 0 Å². The first kappa shape index (κ1) is 24.5. The Kier molecular flexibility index (Phi) is 7.76. The van der Waals surface area contributed by atoms with E-state index in [9.17, 15) is 9.59 Å². The summed E-state index contributed by atoms with van der Waals surface area (Å²) in [6.07, 6.45) is 10.2. The quantitative estimate of drug-likeness (QED) is 0.323. The zero-order valence-electron chi connectivity index (χ0n) is 20.6. The fourth-order valence-electron chi connectivity index (χ4n) is 7.54. The molecule has 31 heavy (non-hydrogen) atoms. The molecule has 2 saturated carbocycles. The third-order valence-electron chi connectivity index (χ3n) is 9.15. The number of fused-ring (bicyclic) bond motifs is 1. The molecule has 0 N–H and O–H groups in total. The van der Waals surface area contributed by atoms with Crippen LogP contribution in [0.15, 0.2) is 0 Å². The van der Waals surface area contributed by atoms with Crippen molar-refractivity contribution in [2.75, 3.05) is 7.11 Å². The van der Waals surface area contributed by atoms with Gasteiger partial charge < -0.3 is 4.74 Å². The van der Waals surface area contributed by atoms with Crippen LogP contribution >= 0.6 is 0 Å². The summed E-state index contributed by atoms with van der Waals surface area (Å²) in [5, 5.41) is 0.